The summed E-state index contributed by atoms with van der Waals surface area (Å²) in [4.78, 5) is 12.9. The van der Waals surface area contributed by atoms with Crippen molar-refractivity contribution >= 4 is 21.6 Å². The number of nitrogens with one attached hydrogen (secondary N) is 1. The summed E-state index contributed by atoms with van der Waals surface area (Å²) in [6.07, 6.45) is 4.46. The molecule has 0 bridgehead atoms. The van der Waals surface area contributed by atoms with E-state index in [-0.39, 0.29) is 16.6 Å². The first kappa shape index (κ1) is 23.0. The second-order valence-electron chi connectivity index (χ2n) is 8.30. The van der Waals surface area contributed by atoms with E-state index in [9.17, 15) is 17.6 Å². The molecule has 33 heavy (non-hydrogen) atoms. The molecule has 1 amide bonds. The fourth-order valence-corrected chi connectivity index (χ4v) is 5.65. The van der Waals surface area contributed by atoms with Crippen molar-refractivity contribution in [1.29, 1.82) is 0 Å². The summed E-state index contributed by atoms with van der Waals surface area (Å²) >= 11 is 0. The summed E-state index contributed by atoms with van der Waals surface area (Å²) in [5.41, 5.74) is 3.45. The Morgan fingerprint density at radius 3 is 2.36 bits per heavy atom. The number of carbonyl (C=O) groups is 1. The number of benzene rings is 3. The summed E-state index contributed by atoms with van der Waals surface area (Å²) in [6.45, 7) is 1.33. The number of sulfonamides is 1. The Bertz CT molecular complexity index is 1250. The van der Waals surface area contributed by atoms with Gasteiger partial charge in [-0.25, -0.2) is 12.8 Å². The van der Waals surface area contributed by atoms with Crippen LogP contribution >= 0.6 is 0 Å². The minimum atomic E-state index is -4.15. The fraction of sp³-hybridized carbons (Fsp3) is 0.269. The number of aryl methyl sites for hydroxylation is 2. The molecule has 0 fully saturated rings. The lowest BCUT2D eigenvalue weighted by atomic mass is 9.89. The molecule has 1 atom stereocenters. The number of anilines is 1. The standard InChI is InChI=1S/C26H27FN2O3S/c1-19(21-16-15-20-9-5-6-10-22(20)17-21)28-26(30)18-29(25-14-8-7-13-24(25)27)33(31,32)23-11-3-2-4-12-23/h2-4,7-8,11-17,19H,5-6,9-10,18H2,1H3,(H,28,30)/t19-/m1/s1. The van der Waals surface area contributed by atoms with Gasteiger partial charge in [-0.15, -0.1) is 0 Å². The van der Waals surface area contributed by atoms with Gasteiger partial charge in [-0.2, -0.15) is 0 Å². The molecule has 7 heteroatoms. The second kappa shape index (κ2) is 9.75. The van der Waals surface area contributed by atoms with Crippen molar-refractivity contribution < 1.29 is 17.6 Å². The predicted molar refractivity (Wildman–Crippen MR) is 127 cm³/mol. The summed E-state index contributed by atoms with van der Waals surface area (Å²) in [6, 6.07) is 19.2. The van der Waals surface area contributed by atoms with Gasteiger partial charge in [0.1, 0.15) is 12.4 Å². The maximum absolute atomic E-state index is 14.6. The van der Waals surface area contributed by atoms with Crippen molar-refractivity contribution in [2.24, 2.45) is 0 Å². The van der Waals surface area contributed by atoms with Crippen LogP contribution in [0.5, 0.6) is 0 Å². The Morgan fingerprint density at radius 2 is 1.64 bits per heavy atom. The van der Waals surface area contributed by atoms with Crippen LogP contribution in [-0.2, 0) is 27.7 Å². The molecule has 1 aliphatic carbocycles. The number of para-hydroxylation sites is 1. The van der Waals surface area contributed by atoms with Crippen molar-refractivity contribution in [3.8, 4) is 0 Å². The minimum absolute atomic E-state index is 0.0104. The minimum Gasteiger partial charge on any atom is -0.348 e. The molecular formula is C26H27FN2O3S. The number of halogens is 1. The molecule has 0 heterocycles. The van der Waals surface area contributed by atoms with Gasteiger partial charge in [0.25, 0.3) is 10.0 Å². The van der Waals surface area contributed by atoms with Crippen LogP contribution in [0.3, 0.4) is 0 Å². The highest BCUT2D eigenvalue weighted by molar-refractivity contribution is 7.92. The van der Waals surface area contributed by atoms with Crippen LogP contribution in [0, 0.1) is 5.82 Å². The van der Waals surface area contributed by atoms with Crippen LogP contribution < -0.4 is 9.62 Å². The van der Waals surface area contributed by atoms with Crippen LogP contribution in [0.25, 0.3) is 0 Å². The molecular weight excluding hydrogens is 439 g/mol. The normalized spacial score (nSPS) is 14.2. The molecule has 0 aromatic heterocycles. The number of fused-ring (bicyclic) bond motifs is 1. The van der Waals surface area contributed by atoms with Gasteiger partial charge in [0.15, 0.2) is 0 Å². The molecule has 172 valence electrons. The third-order valence-electron chi connectivity index (χ3n) is 5.99. The highest BCUT2D eigenvalue weighted by atomic mass is 32.2. The zero-order valence-corrected chi connectivity index (χ0v) is 19.3. The smallest absolute Gasteiger partial charge is 0.264 e. The van der Waals surface area contributed by atoms with Gasteiger partial charge in [0, 0.05) is 0 Å². The van der Waals surface area contributed by atoms with Crippen LogP contribution in [0.2, 0.25) is 0 Å². The molecule has 3 aromatic carbocycles. The van der Waals surface area contributed by atoms with E-state index in [4.69, 9.17) is 0 Å². The summed E-state index contributed by atoms with van der Waals surface area (Å²) in [5, 5.41) is 2.88. The lowest BCUT2D eigenvalue weighted by molar-refractivity contribution is -0.120. The predicted octanol–water partition coefficient (Wildman–Crippen LogP) is 4.78. The summed E-state index contributed by atoms with van der Waals surface area (Å²) in [5.74, 6) is -1.23. The van der Waals surface area contributed by atoms with Crippen molar-refractivity contribution in [2.45, 2.75) is 43.5 Å². The fourth-order valence-electron chi connectivity index (χ4n) is 4.20. The van der Waals surface area contributed by atoms with Gasteiger partial charge in [0.05, 0.1) is 16.6 Å². The van der Waals surface area contributed by atoms with E-state index in [0.29, 0.717) is 0 Å². The Hall–Kier alpha value is -3.19. The van der Waals surface area contributed by atoms with E-state index in [2.05, 4.69) is 17.4 Å². The van der Waals surface area contributed by atoms with Gasteiger partial charge in [-0.05, 0) is 73.6 Å². The van der Waals surface area contributed by atoms with Crippen LogP contribution in [-0.4, -0.2) is 20.9 Å². The Morgan fingerprint density at radius 1 is 0.970 bits per heavy atom. The maximum Gasteiger partial charge on any atom is 0.264 e. The van der Waals surface area contributed by atoms with Crippen LogP contribution in [0.4, 0.5) is 10.1 Å². The van der Waals surface area contributed by atoms with E-state index < -0.39 is 28.3 Å². The second-order valence-corrected chi connectivity index (χ2v) is 10.2. The molecule has 1 aliphatic rings. The molecule has 0 radical (unpaired) electrons. The molecule has 0 unspecified atom stereocenters. The molecule has 4 rings (SSSR count). The Labute approximate surface area is 194 Å². The maximum atomic E-state index is 14.6. The molecule has 0 saturated carbocycles. The van der Waals surface area contributed by atoms with Crippen molar-refractivity contribution in [3.63, 3.8) is 0 Å². The Balaban J connectivity index is 1.57. The van der Waals surface area contributed by atoms with E-state index in [1.54, 1.807) is 24.3 Å². The number of carbonyl (C=O) groups excluding carboxylic acids is 1. The van der Waals surface area contributed by atoms with Gasteiger partial charge in [-0.3, -0.25) is 9.10 Å². The topological polar surface area (TPSA) is 66.5 Å². The van der Waals surface area contributed by atoms with Crippen molar-refractivity contribution in [1.82, 2.24) is 5.32 Å². The lowest BCUT2D eigenvalue weighted by Gasteiger charge is -2.26. The van der Waals surface area contributed by atoms with E-state index in [1.807, 2.05) is 13.0 Å². The Kier molecular flexibility index (Phi) is 6.79. The molecule has 5 nitrogen and oxygen atoms in total. The van der Waals surface area contributed by atoms with Gasteiger partial charge in [-0.1, -0.05) is 48.5 Å². The van der Waals surface area contributed by atoms with E-state index in [0.717, 1.165) is 29.1 Å². The highest BCUT2D eigenvalue weighted by Gasteiger charge is 2.29. The van der Waals surface area contributed by atoms with Crippen LogP contribution in [0.1, 0.15) is 42.5 Å². The molecule has 0 saturated heterocycles. The first-order valence-electron chi connectivity index (χ1n) is 11.1. The monoisotopic (exact) mass is 466 g/mol. The summed E-state index contributed by atoms with van der Waals surface area (Å²) in [7, 11) is -4.15. The van der Waals surface area contributed by atoms with E-state index in [1.165, 1.54) is 47.9 Å². The molecule has 3 aromatic rings. The van der Waals surface area contributed by atoms with Crippen molar-refractivity contribution in [2.75, 3.05) is 10.8 Å². The number of hydrogen-bond acceptors (Lipinski definition) is 3. The quantitative estimate of drug-likeness (QED) is 0.545. The van der Waals surface area contributed by atoms with Gasteiger partial charge in [0.2, 0.25) is 5.91 Å². The number of rotatable bonds is 7. The molecule has 1 N–H and O–H groups in total. The van der Waals surface area contributed by atoms with Gasteiger partial charge < -0.3 is 5.32 Å². The zero-order valence-electron chi connectivity index (χ0n) is 18.5. The SMILES string of the molecule is C[C@@H](NC(=O)CN(c1ccccc1F)S(=O)(=O)c1ccccc1)c1ccc2c(c1)CCCC2. The average Bonchev–Trinajstić information content (AvgIpc) is 2.83. The number of nitrogens with zero attached hydrogens (tertiary/aromatic N) is 1. The van der Waals surface area contributed by atoms with E-state index >= 15 is 0 Å². The highest BCUT2D eigenvalue weighted by Crippen LogP contribution is 2.27. The molecule has 0 aliphatic heterocycles. The largest absolute Gasteiger partial charge is 0.348 e. The first-order chi connectivity index (χ1) is 15.9. The number of hydrogen-bond donors (Lipinski definition) is 1. The summed E-state index contributed by atoms with van der Waals surface area (Å²) < 4.78 is 42.0. The average molecular weight is 467 g/mol. The molecule has 0 spiro atoms. The third-order valence-corrected chi connectivity index (χ3v) is 7.76. The van der Waals surface area contributed by atoms with Crippen LogP contribution in [0.15, 0.2) is 77.7 Å². The lowest BCUT2D eigenvalue weighted by Crippen LogP contribution is -2.42. The third kappa shape index (κ3) is 5.09. The number of amides is 1. The first-order valence-corrected chi connectivity index (χ1v) is 12.5. The zero-order chi connectivity index (χ0) is 23.4. The van der Waals surface area contributed by atoms with Crippen molar-refractivity contribution in [3.05, 3.63) is 95.3 Å². The van der Waals surface area contributed by atoms with Gasteiger partial charge >= 0.3 is 0 Å².